The number of ether oxygens (including phenoxy) is 1. The predicted octanol–water partition coefficient (Wildman–Crippen LogP) is 6.44. The van der Waals surface area contributed by atoms with E-state index in [0.29, 0.717) is 96.2 Å². The summed E-state index contributed by atoms with van der Waals surface area (Å²) < 4.78 is 47.8. The van der Waals surface area contributed by atoms with Crippen molar-refractivity contribution in [2.45, 2.75) is 44.6 Å². The number of benzene rings is 3. The van der Waals surface area contributed by atoms with Gasteiger partial charge in [-0.3, -0.25) is 33.8 Å². The zero-order valence-electron chi connectivity index (χ0n) is 38.0. The monoisotopic (exact) mass is 1000 g/mol. The molecule has 0 saturated carbocycles. The van der Waals surface area contributed by atoms with E-state index < -0.39 is 19.5 Å². The summed E-state index contributed by atoms with van der Waals surface area (Å²) in [6, 6.07) is 13.8. The molecule has 0 spiro atoms. The van der Waals surface area contributed by atoms with Crippen molar-refractivity contribution in [2.24, 2.45) is 7.05 Å². The van der Waals surface area contributed by atoms with Crippen LogP contribution in [-0.4, -0.2) is 120 Å². The molecule has 0 bridgehead atoms. The fraction of sp³-hybridized carbons (Fsp3) is 0.391. The molecular weight excluding hydrogens is 948 g/mol. The lowest BCUT2D eigenvalue weighted by atomic mass is 9.89. The molecule has 0 aliphatic carbocycles. The minimum absolute atomic E-state index is 0.0159. The maximum absolute atomic E-state index is 15.4. The van der Waals surface area contributed by atoms with E-state index in [4.69, 9.17) is 18.8 Å². The lowest BCUT2D eigenvalue weighted by Crippen LogP contribution is -2.52. The van der Waals surface area contributed by atoms with Gasteiger partial charge in [-0.2, -0.15) is 10.1 Å². The lowest BCUT2D eigenvalue weighted by molar-refractivity contribution is -0.134. The largest absolute Gasteiger partial charge is 0.494 e. The Labute approximate surface area is 396 Å². The Hall–Kier alpha value is -5.92. The van der Waals surface area contributed by atoms with Crippen LogP contribution in [0.4, 0.5) is 38.9 Å². The third-order valence-electron chi connectivity index (χ3n) is 12.4. The Bertz CT molecular complexity index is 2700. The first-order valence-electron chi connectivity index (χ1n) is 22.0. The quantitative estimate of drug-likeness (QED) is 0.0660. The van der Waals surface area contributed by atoms with Crippen molar-refractivity contribution in [3.8, 4) is 16.9 Å². The standard InChI is InChI=1S/C46H54BrFN11O7P/c1-28-6-9-36(41(20-28)67(63,65-4)66-5)52-44-34(47)25-49-46(55-44)53-38-22-33(30-24-50-56(2)26-30)39(23-40(38)64-3)58-16-18-59(19-17-58)43(61)27-57-14-12-29(13-15-57)32-8-7-31(21-35(32)48)51-37-10-11-42(60)54-45(37)62/h6-9,20-26,29,37,51H,10-19,27H2,1-5H3,(H,54,60,62)(H2,49,52,53,55). The first-order valence-corrected chi connectivity index (χ1v) is 24.3. The SMILES string of the molecule is COc1cc(N2CCN(C(=O)CN3CCC(c4ccc(NC5CCC(=O)NC5=O)cc4F)CC3)CC2)c(-c2cnn(C)c2)cc1Nc1ncc(Br)c(Nc2ccc(C)cc2P(=O)(OC)OC)n1. The molecule has 3 aliphatic rings. The van der Waals surface area contributed by atoms with Gasteiger partial charge in [0, 0.05) is 94.8 Å². The smallest absolute Gasteiger partial charge is 0.362 e. The van der Waals surface area contributed by atoms with Crippen molar-refractivity contribution < 1.29 is 37.1 Å². The van der Waals surface area contributed by atoms with Crippen LogP contribution in [0.2, 0.25) is 0 Å². The number of aromatic nitrogens is 4. The van der Waals surface area contributed by atoms with Crippen LogP contribution in [0.5, 0.6) is 5.75 Å². The third-order valence-corrected chi connectivity index (χ3v) is 14.9. The van der Waals surface area contributed by atoms with E-state index >= 15 is 4.39 Å². The molecule has 8 rings (SSSR count). The van der Waals surface area contributed by atoms with Crippen molar-refractivity contribution >= 4 is 81.1 Å². The average molecular weight is 1000 g/mol. The Morgan fingerprint density at radius 3 is 2.37 bits per heavy atom. The number of nitrogens with one attached hydrogen (secondary N) is 4. The molecule has 0 radical (unpaired) electrons. The number of aryl methyl sites for hydroxylation is 2. The van der Waals surface area contributed by atoms with Gasteiger partial charge in [0.05, 0.1) is 41.0 Å². The topological polar surface area (TPSA) is 197 Å². The van der Waals surface area contributed by atoms with E-state index in [-0.39, 0.29) is 35.9 Å². The van der Waals surface area contributed by atoms with Gasteiger partial charge in [-0.15, -0.1) is 0 Å². The van der Waals surface area contributed by atoms with Gasteiger partial charge in [-0.1, -0.05) is 17.7 Å². The summed E-state index contributed by atoms with van der Waals surface area (Å²) in [6.45, 7) is 5.77. The number of piperazine rings is 1. The number of carbonyl (C=O) groups excluding carboxylic acids is 3. The van der Waals surface area contributed by atoms with Crippen LogP contribution in [-0.2, 0) is 35.0 Å². The number of amides is 3. The van der Waals surface area contributed by atoms with Gasteiger partial charge in [0.1, 0.15) is 23.4 Å². The molecule has 18 nitrogen and oxygen atoms in total. The normalized spacial score (nSPS) is 17.3. The number of hydrogen-bond acceptors (Lipinski definition) is 15. The Morgan fingerprint density at radius 2 is 1.70 bits per heavy atom. The van der Waals surface area contributed by atoms with E-state index in [1.807, 2.05) is 43.3 Å². The van der Waals surface area contributed by atoms with Gasteiger partial charge in [-0.05, 0) is 97.0 Å². The van der Waals surface area contributed by atoms with Crippen LogP contribution in [0.25, 0.3) is 11.1 Å². The summed E-state index contributed by atoms with van der Waals surface area (Å²) >= 11 is 3.55. The van der Waals surface area contributed by atoms with Crippen molar-refractivity contribution in [1.82, 2.24) is 34.9 Å². The van der Waals surface area contributed by atoms with E-state index in [9.17, 15) is 18.9 Å². The number of imide groups is 1. The molecule has 5 heterocycles. The van der Waals surface area contributed by atoms with Crippen LogP contribution in [0.3, 0.4) is 0 Å². The summed E-state index contributed by atoms with van der Waals surface area (Å²) in [5, 5.41) is 16.8. The zero-order chi connectivity index (χ0) is 47.4. The number of hydrogen-bond donors (Lipinski definition) is 4. The number of nitrogens with zero attached hydrogens (tertiary/aromatic N) is 7. The molecular formula is C46H54BrFN11O7P. The second-order valence-corrected chi connectivity index (χ2v) is 19.9. The van der Waals surface area contributed by atoms with Crippen LogP contribution < -0.4 is 36.2 Å². The minimum Gasteiger partial charge on any atom is -0.494 e. The van der Waals surface area contributed by atoms with Gasteiger partial charge in [0.2, 0.25) is 23.7 Å². The Balaban J connectivity index is 0.909. The van der Waals surface area contributed by atoms with E-state index in [1.54, 1.807) is 48.5 Å². The molecule has 3 amide bonds. The number of halogens is 2. The number of likely N-dealkylation sites (tertiary alicyclic amines) is 1. The summed E-state index contributed by atoms with van der Waals surface area (Å²) in [5.41, 5.74) is 5.80. The highest BCUT2D eigenvalue weighted by Gasteiger charge is 2.31. The highest BCUT2D eigenvalue weighted by molar-refractivity contribution is 9.10. The molecule has 1 unspecified atom stereocenters. The summed E-state index contributed by atoms with van der Waals surface area (Å²) in [7, 11) is 2.52. The molecule has 1 atom stereocenters. The first-order chi connectivity index (χ1) is 32.2. The first kappa shape index (κ1) is 47.6. The van der Waals surface area contributed by atoms with Crippen molar-refractivity contribution in [1.29, 1.82) is 0 Å². The molecule has 21 heteroatoms. The molecule has 3 aliphatic heterocycles. The Morgan fingerprint density at radius 1 is 0.940 bits per heavy atom. The zero-order valence-corrected chi connectivity index (χ0v) is 40.5. The van der Waals surface area contributed by atoms with Gasteiger partial charge in [0.15, 0.2) is 0 Å². The van der Waals surface area contributed by atoms with Gasteiger partial charge in [0.25, 0.3) is 0 Å². The van der Waals surface area contributed by atoms with Crippen molar-refractivity contribution in [3.05, 3.63) is 88.5 Å². The van der Waals surface area contributed by atoms with Crippen molar-refractivity contribution in [3.63, 3.8) is 0 Å². The highest BCUT2D eigenvalue weighted by Crippen LogP contribution is 2.48. The average Bonchev–Trinajstić information content (AvgIpc) is 3.77. The van der Waals surface area contributed by atoms with Crippen LogP contribution >= 0.6 is 23.5 Å². The maximum atomic E-state index is 15.4. The lowest BCUT2D eigenvalue weighted by Gasteiger charge is -2.39. The third kappa shape index (κ3) is 10.8. The van der Waals surface area contributed by atoms with E-state index in [1.165, 1.54) is 20.3 Å². The molecule has 354 valence electrons. The fourth-order valence-corrected chi connectivity index (χ4v) is 10.4. The molecule has 2 aromatic heterocycles. The number of methoxy groups -OCH3 is 1. The second-order valence-electron chi connectivity index (χ2n) is 16.8. The summed E-state index contributed by atoms with van der Waals surface area (Å²) in [5.74, 6) is 0.261. The van der Waals surface area contributed by atoms with Crippen LogP contribution in [0, 0.1) is 12.7 Å². The van der Waals surface area contributed by atoms with E-state index in [0.717, 1.165) is 35.2 Å². The minimum atomic E-state index is -3.62. The van der Waals surface area contributed by atoms with Crippen molar-refractivity contribution in [2.75, 3.05) is 88.0 Å². The Kier molecular flexibility index (Phi) is 14.6. The molecule has 3 fully saturated rings. The predicted molar refractivity (Wildman–Crippen MR) is 257 cm³/mol. The maximum Gasteiger partial charge on any atom is 0.362 e. The summed E-state index contributed by atoms with van der Waals surface area (Å²) in [4.78, 5) is 52.9. The molecule has 3 saturated heterocycles. The van der Waals surface area contributed by atoms with Crippen LogP contribution in [0.1, 0.15) is 42.7 Å². The molecule has 3 aromatic carbocycles. The number of carbonyl (C=O) groups is 3. The van der Waals surface area contributed by atoms with Crippen LogP contribution in [0.15, 0.2) is 71.6 Å². The highest BCUT2D eigenvalue weighted by atomic mass is 79.9. The summed E-state index contributed by atoms with van der Waals surface area (Å²) in [6.07, 6.45) is 7.39. The fourth-order valence-electron chi connectivity index (χ4n) is 8.77. The van der Waals surface area contributed by atoms with E-state index in [2.05, 4.69) is 57.1 Å². The second kappa shape index (κ2) is 20.5. The molecule has 4 N–H and O–H groups in total. The number of piperidine rings is 2. The molecule has 67 heavy (non-hydrogen) atoms. The molecule has 5 aromatic rings. The number of rotatable bonds is 15. The van der Waals surface area contributed by atoms with Gasteiger partial charge < -0.3 is 39.5 Å². The number of anilines is 6. The van der Waals surface area contributed by atoms with Gasteiger partial charge in [-0.25, -0.2) is 9.37 Å². The van der Waals surface area contributed by atoms with Gasteiger partial charge >= 0.3 is 7.60 Å².